The van der Waals surface area contributed by atoms with E-state index >= 15 is 0 Å². The van der Waals surface area contributed by atoms with Crippen LogP contribution in [0.5, 0.6) is 0 Å². The van der Waals surface area contributed by atoms with Crippen molar-refractivity contribution in [1.29, 1.82) is 0 Å². The summed E-state index contributed by atoms with van der Waals surface area (Å²) < 4.78 is 0. The molecular formula is C9H11N5O2S. The average molecular weight is 253 g/mol. The summed E-state index contributed by atoms with van der Waals surface area (Å²) >= 11 is 1.04. The van der Waals surface area contributed by atoms with Crippen LogP contribution >= 0.6 is 11.3 Å². The SMILES string of the molecule is O=[N+]([O-])c1cnc(NCCCc2ncc[nH]2)s1. The lowest BCUT2D eigenvalue weighted by molar-refractivity contribution is -0.380. The van der Waals surface area contributed by atoms with Gasteiger partial charge in [0.1, 0.15) is 12.0 Å². The Morgan fingerprint density at radius 1 is 1.53 bits per heavy atom. The van der Waals surface area contributed by atoms with Gasteiger partial charge >= 0.3 is 5.00 Å². The summed E-state index contributed by atoms with van der Waals surface area (Å²) in [6.07, 6.45) is 6.49. The fourth-order valence-electron chi connectivity index (χ4n) is 1.32. The summed E-state index contributed by atoms with van der Waals surface area (Å²) in [4.78, 5) is 21.0. The van der Waals surface area contributed by atoms with Gasteiger partial charge in [-0.15, -0.1) is 0 Å². The minimum absolute atomic E-state index is 0.0542. The molecule has 0 amide bonds. The van der Waals surface area contributed by atoms with E-state index in [2.05, 4.69) is 20.3 Å². The molecule has 7 nitrogen and oxygen atoms in total. The maximum absolute atomic E-state index is 10.4. The van der Waals surface area contributed by atoms with Crippen molar-refractivity contribution in [2.75, 3.05) is 11.9 Å². The molecule has 8 heteroatoms. The Kier molecular flexibility index (Phi) is 3.66. The van der Waals surface area contributed by atoms with E-state index in [1.165, 1.54) is 6.20 Å². The molecule has 0 bridgehead atoms. The largest absolute Gasteiger partial charge is 0.361 e. The zero-order valence-electron chi connectivity index (χ0n) is 8.92. The van der Waals surface area contributed by atoms with E-state index in [4.69, 9.17) is 0 Å². The molecule has 0 atom stereocenters. The van der Waals surface area contributed by atoms with E-state index in [1.807, 2.05) is 0 Å². The molecular weight excluding hydrogens is 242 g/mol. The molecule has 2 aromatic heterocycles. The highest BCUT2D eigenvalue weighted by Crippen LogP contribution is 2.24. The molecule has 2 aromatic rings. The first kappa shape index (κ1) is 11.5. The fourth-order valence-corrected chi connectivity index (χ4v) is 1.98. The summed E-state index contributed by atoms with van der Waals surface area (Å²) in [5.74, 6) is 0.942. The second kappa shape index (κ2) is 5.39. The number of aromatic amines is 1. The lowest BCUT2D eigenvalue weighted by Crippen LogP contribution is -2.03. The van der Waals surface area contributed by atoms with Gasteiger partial charge in [-0.3, -0.25) is 10.1 Å². The molecule has 0 saturated carbocycles. The molecule has 2 rings (SSSR count). The average Bonchev–Trinajstić information content (AvgIpc) is 2.96. The van der Waals surface area contributed by atoms with Crippen LogP contribution in [0, 0.1) is 10.1 Å². The highest BCUT2D eigenvalue weighted by molar-refractivity contribution is 7.18. The number of nitro groups is 1. The minimum Gasteiger partial charge on any atom is -0.361 e. The fraction of sp³-hybridized carbons (Fsp3) is 0.333. The van der Waals surface area contributed by atoms with Crippen LogP contribution in [0.4, 0.5) is 10.1 Å². The van der Waals surface area contributed by atoms with Crippen molar-refractivity contribution in [3.63, 3.8) is 0 Å². The van der Waals surface area contributed by atoms with Gasteiger partial charge in [-0.25, -0.2) is 9.97 Å². The summed E-state index contributed by atoms with van der Waals surface area (Å²) in [7, 11) is 0. The van der Waals surface area contributed by atoms with Gasteiger partial charge in [-0.05, 0) is 17.8 Å². The molecule has 0 spiro atoms. The van der Waals surface area contributed by atoms with Crippen molar-refractivity contribution in [2.24, 2.45) is 0 Å². The number of rotatable bonds is 6. The first-order valence-corrected chi connectivity index (χ1v) is 5.89. The number of hydrogen-bond donors (Lipinski definition) is 2. The van der Waals surface area contributed by atoms with Crippen LogP contribution in [0.2, 0.25) is 0 Å². The monoisotopic (exact) mass is 253 g/mol. The molecule has 90 valence electrons. The topological polar surface area (TPSA) is 96.7 Å². The van der Waals surface area contributed by atoms with Gasteiger partial charge in [0, 0.05) is 25.4 Å². The van der Waals surface area contributed by atoms with Crippen LogP contribution in [0.15, 0.2) is 18.6 Å². The van der Waals surface area contributed by atoms with Gasteiger partial charge in [0.25, 0.3) is 0 Å². The minimum atomic E-state index is -0.439. The Morgan fingerprint density at radius 3 is 3.06 bits per heavy atom. The number of aromatic nitrogens is 3. The van der Waals surface area contributed by atoms with E-state index in [-0.39, 0.29) is 5.00 Å². The molecule has 0 radical (unpaired) electrons. The number of nitrogens with one attached hydrogen (secondary N) is 2. The molecule has 0 aliphatic rings. The molecule has 0 saturated heterocycles. The van der Waals surface area contributed by atoms with Crippen LogP contribution in [0.1, 0.15) is 12.2 Å². The summed E-state index contributed by atoms with van der Waals surface area (Å²) in [6, 6.07) is 0. The van der Waals surface area contributed by atoms with Gasteiger partial charge in [0.15, 0.2) is 5.13 Å². The highest BCUT2D eigenvalue weighted by atomic mass is 32.1. The van der Waals surface area contributed by atoms with Crippen LogP contribution in [0.3, 0.4) is 0 Å². The van der Waals surface area contributed by atoms with E-state index in [0.29, 0.717) is 11.7 Å². The van der Waals surface area contributed by atoms with E-state index in [1.54, 1.807) is 12.4 Å². The molecule has 2 heterocycles. The Labute approximate surface area is 101 Å². The molecule has 2 N–H and O–H groups in total. The van der Waals surface area contributed by atoms with Crippen LogP contribution in [0.25, 0.3) is 0 Å². The maximum Gasteiger partial charge on any atom is 0.345 e. The first-order chi connectivity index (χ1) is 8.25. The second-order valence-corrected chi connectivity index (χ2v) is 4.34. The Bertz CT molecular complexity index is 481. The van der Waals surface area contributed by atoms with Crippen molar-refractivity contribution in [2.45, 2.75) is 12.8 Å². The molecule has 0 aliphatic carbocycles. The Hall–Kier alpha value is -1.96. The van der Waals surface area contributed by atoms with Gasteiger partial charge in [0.05, 0.1) is 4.92 Å². The lowest BCUT2D eigenvalue weighted by Gasteiger charge is -2.00. The molecule has 0 unspecified atom stereocenters. The number of H-pyrrole nitrogens is 1. The number of nitrogens with zero attached hydrogens (tertiary/aromatic N) is 3. The third kappa shape index (κ3) is 3.25. The standard InChI is InChI=1S/C9H11N5O2S/c15-14(16)8-6-13-9(17-8)12-3-1-2-7-10-4-5-11-7/h4-6H,1-3H2,(H,10,11)(H,12,13). The molecule has 0 aromatic carbocycles. The summed E-state index contributed by atoms with van der Waals surface area (Å²) in [5, 5.41) is 14.1. The zero-order chi connectivity index (χ0) is 12.1. The molecule has 0 aliphatic heterocycles. The molecule has 0 fully saturated rings. The van der Waals surface area contributed by atoms with Gasteiger partial charge < -0.3 is 10.3 Å². The normalized spacial score (nSPS) is 10.4. The first-order valence-electron chi connectivity index (χ1n) is 5.08. The maximum atomic E-state index is 10.4. The number of thiazole rings is 1. The quantitative estimate of drug-likeness (QED) is 0.465. The van der Waals surface area contributed by atoms with Crippen LogP contribution in [-0.4, -0.2) is 26.4 Å². The highest BCUT2D eigenvalue weighted by Gasteiger charge is 2.10. The van der Waals surface area contributed by atoms with Gasteiger partial charge in [-0.2, -0.15) is 0 Å². The third-order valence-electron chi connectivity index (χ3n) is 2.09. The lowest BCUT2D eigenvalue weighted by atomic mass is 10.3. The number of anilines is 1. The summed E-state index contributed by atoms with van der Waals surface area (Å²) in [6.45, 7) is 0.714. The Balaban J connectivity index is 1.72. The third-order valence-corrected chi connectivity index (χ3v) is 3.00. The predicted molar refractivity (Wildman–Crippen MR) is 64.2 cm³/mol. The van der Waals surface area contributed by atoms with Crippen molar-refractivity contribution < 1.29 is 4.92 Å². The van der Waals surface area contributed by atoms with Crippen LogP contribution < -0.4 is 5.32 Å². The van der Waals surface area contributed by atoms with Gasteiger partial charge in [-0.1, -0.05) is 0 Å². The number of hydrogen-bond acceptors (Lipinski definition) is 6. The number of imidazole rings is 1. The zero-order valence-corrected chi connectivity index (χ0v) is 9.74. The number of aryl methyl sites for hydroxylation is 1. The van der Waals surface area contributed by atoms with Gasteiger partial charge in [0.2, 0.25) is 0 Å². The smallest absolute Gasteiger partial charge is 0.345 e. The van der Waals surface area contributed by atoms with Crippen LogP contribution in [-0.2, 0) is 6.42 Å². The Morgan fingerprint density at radius 2 is 2.41 bits per heavy atom. The second-order valence-electron chi connectivity index (χ2n) is 3.33. The molecule has 17 heavy (non-hydrogen) atoms. The predicted octanol–water partition coefficient (Wildman–Crippen LogP) is 1.82. The van der Waals surface area contributed by atoms with Crippen molar-refractivity contribution in [1.82, 2.24) is 15.0 Å². The van der Waals surface area contributed by atoms with Crippen molar-refractivity contribution in [3.05, 3.63) is 34.5 Å². The summed E-state index contributed by atoms with van der Waals surface area (Å²) in [5.41, 5.74) is 0. The van der Waals surface area contributed by atoms with E-state index < -0.39 is 4.92 Å². The van der Waals surface area contributed by atoms with Crippen molar-refractivity contribution >= 4 is 21.5 Å². The van der Waals surface area contributed by atoms with E-state index in [0.717, 1.165) is 30.0 Å². The van der Waals surface area contributed by atoms with Crippen molar-refractivity contribution in [3.8, 4) is 0 Å². The van der Waals surface area contributed by atoms with E-state index in [9.17, 15) is 10.1 Å².